The Labute approximate surface area is 110 Å². The Morgan fingerprint density at radius 3 is 3.05 bits per heavy atom. The number of fused-ring (bicyclic) bond motifs is 1. The molecule has 1 unspecified atom stereocenters. The van der Waals surface area contributed by atoms with Crippen LogP contribution < -0.4 is 5.73 Å². The second-order valence-electron chi connectivity index (χ2n) is 4.89. The van der Waals surface area contributed by atoms with Crippen LogP contribution in [0.5, 0.6) is 0 Å². The van der Waals surface area contributed by atoms with Crippen LogP contribution in [0.25, 0.3) is 11.3 Å². The first-order valence-electron chi connectivity index (χ1n) is 6.28. The maximum Gasteiger partial charge on any atom is 0.307 e. The van der Waals surface area contributed by atoms with Crippen molar-refractivity contribution < 1.29 is 9.90 Å². The van der Waals surface area contributed by atoms with Gasteiger partial charge in [0.25, 0.3) is 0 Å². The molecule has 1 aromatic carbocycles. The summed E-state index contributed by atoms with van der Waals surface area (Å²) in [5.74, 6) is -0.209. The lowest BCUT2D eigenvalue weighted by Gasteiger charge is -2.19. The zero-order chi connectivity index (χ0) is 13.4. The van der Waals surface area contributed by atoms with Crippen molar-refractivity contribution in [2.45, 2.75) is 19.4 Å². The van der Waals surface area contributed by atoms with Crippen molar-refractivity contribution >= 4 is 11.7 Å². The van der Waals surface area contributed by atoms with Gasteiger partial charge in [0.1, 0.15) is 5.82 Å². The summed E-state index contributed by atoms with van der Waals surface area (Å²) >= 11 is 0. The van der Waals surface area contributed by atoms with E-state index in [0.717, 1.165) is 17.1 Å². The van der Waals surface area contributed by atoms with Crippen molar-refractivity contribution in [3.05, 3.63) is 36.3 Å². The van der Waals surface area contributed by atoms with Crippen LogP contribution in [0.1, 0.15) is 12.2 Å². The van der Waals surface area contributed by atoms with Crippen molar-refractivity contribution in [1.29, 1.82) is 0 Å². The third-order valence-electron chi connectivity index (χ3n) is 3.54. The molecule has 1 aliphatic rings. The number of anilines is 1. The third kappa shape index (κ3) is 2.19. The number of nitrogens with two attached hydrogens (primary N) is 1. The molecular weight excluding hydrogens is 242 g/mol. The summed E-state index contributed by atoms with van der Waals surface area (Å²) in [5, 5.41) is 9.07. The van der Waals surface area contributed by atoms with Gasteiger partial charge in [0.05, 0.1) is 11.6 Å². The second-order valence-corrected chi connectivity index (χ2v) is 4.89. The Bertz CT molecular complexity index is 633. The fourth-order valence-corrected chi connectivity index (χ4v) is 2.48. The van der Waals surface area contributed by atoms with Crippen LogP contribution in [0.4, 0.5) is 5.69 Å². The topological polar surface area (TPSA) is 81.1 Å². The Morgan fingerprint density at radius 2 is 2.32 bits per heavy atom. The molecule has 0 radical (unpaired) electrons. The minimum Gasteiger partial charge on any atom is -0.481 e. The van der Waals surface area contributed by atoms with E-state index in [1.807, 2.05) is 35.0 Å². The summed E-state index contributed by atoms with van der Waals surface area (Å²) in [6.45, 7) is 0.710. The maximum absolute atomic E-state index is 11.0. The van der Waals surface area contributed by atoms with Gasteiger partial charge in [-0.3, -0.25) is 4.79 Å². The molecule has 2 aromatic rings. The van der Waals surface area contributed by atoms with Gasteiger partial charge in [0, 0.05) is 30.4 Å². The molecule has 3 rings (SSSR count). The van der Waals surface area contributed by atoms with Crippen molar-refractivity contribution in [2.24, 2.45) is 5.92 Å². The van der Waals surface area contributed by atoms with Crippen molar-refractivity contribution in [3.63, 3.8) is 0 Å². The first kappa shape index (κ1) is 11.8. The first-order valence-corrected chi connectivity index (χ1v) is 6.28. The Morgan fingerprint density at radius 1 is 1.47 bits per heavy atom. The van der Waals surface area contributed by atoms with E-state index in [2.05, 4.69) is 4.98 Å². The second kappa shape index (κ2) is 4.42. The lowest BCUT2D eigenvalue weighted by Crippen LogP contribution is -2.25. The normalized spacial score (nSPS) is 18.0. The molecule has 0 spiro atoms. The molecule has 19 heavy (non-hydrogen) atoms. The van der Waals surface area contributed by atoms with Crippen LogP contribution in [0.15, 0.2) is 30.5 Å². The van der Waals surface area contributed by atoms with Crippen molar-refractivity contribution in [2.75, 3.05) is 5.73 Å². The summed E-state index contributed by atoms with van der Waals surface area (Å²) in [6.07, 6.45) is 3.13. The number of aryl methyl sites for hydroxylation is 1. The van der Waals surface area contributed by atoms with Crippen LogP contribution in [-0.2, 0) is 17.8 Å². The molecule has 1 aliphatic heterocycles. The molecule has 0 amide bonds. The first-order chi connectivity index (χ1) is 9.13. The Hall–Kier alpha value is -2.30. The van der Waals surface area contributed by atoms with E-state index in [1.54, 1.807) is 0 Å². The molecule has 0 aliphatic carbocycles. The Balaban J connectivity index is 1.93. The number of carboxylic acid groups (broad SMARTS) is 1. The zero-order valence-electron chi connectivity index (χ0n) is 10.4. The van der Waals surface area contributed by atoms with Gasteiger partial charge >= 0.3 is 5.97 Å². The van der Waals surface area contributed by atoms with Gasteiger partial charge < -0.3 is 15.4 Å². The fraction of sp³-hybridized carbons (Fsp3) is 0.286. The molecule has 3 N–H and O–H groups in total. The number of nitrogens with zero attached hydrogens (tertiary/aromatic N) is 2. The van der Waals surface area contributed by atoms with Crippen LogP contribution in [0.3, 0.4) is 0 Å². The molecular formula is C14H15N3O2. The number of carboxylic acids is 1. The number of aromatic nitrogens is 2. The standard InChI is InChI=1S/C14H15N3O2/c15-11-3-1-2-9(6-11)12-8-17-5-4-10(14(18)19)7-13(17)16-12/h1-3,6,8,10H,4-5,7,15H2,(H,18,19). The predicted molar refractivity (Wildman–Crippen MR) is 71.5 cm³/mol. The summed E-state index contributed by atoms with van der Waals surface area (Å²) in [5.41, 5.74) is 8.29. The van der Waals surface area contributed by atoms with E-state index in [-0.39, 0.29) is 5.92 Å². The van der Waals surface area contributed by atoms with Gasteiger partial charge in [-0.2, -0.15) is 0 Å². The van der Waals surface area contributed by atoms with Crippen LogP contribution in [0, 0.1) is 5.92 Å². The number of rotatable bonds is 2. The molecule has 2 heterocycles. The average Bonchev–Trinajstić information content (AvgIpc) is 2.81. The molecule has 0 saturated carbocycles. The lowest BCUT2D eigenvalue weighted by atomic mass is 9.98. The largest absolute Gasteiger partial charge is 0.481 e. The summed E-state index contributed by atoms with van der Waals surface area (Å²) in [6, 6.07) is 7.56. The minimum absolute atomic E-state index is 0.316. The van der Waals surface area contributed by atoms with Gasteiger partial charge in [-0.15, -0.1) is 0 Å². The molecule has 0 saturated heterocycles. The van der Waals surface area contributed by atoms with Gasteiger partial charge in [-0.05, 0) is 18.6 Å². The van der Waals surface area contributed by atoms with E-state index in [4.69, 9.17) is 10.8 Å². The smallest absolute Gasteiger partial charge is 0.307 e. The quantitative estimate of drug-likeness (QED) is 0.803. The van der Waals surface area contributed by atoms with E-state index >= 15 is 0 Å². The SMILES string of the molecule is Nc1cccc(-c2cn3c(n2)CC(C(=O)O)CC3)c1. The van der Waals surface area contributed by atoms with E-state index in [0.29, 0.717) is 25.1 Å². The number of hydrogen-bond acceptors (Lipinski definition) is 3. The summed E-state index contributed by atoms with van der Waals surface area (Å²) < 4.78 is 2.04. The third-order valence-corrected chi connectivity index (χ3v) is 3.54. The number of imidazole rings is 1. The molecule has 5 nitrogen and oxygen atoms in total. The fourth-order valence-electron chi connectivity index (χ4n) is 2.48. The number of nitrogen functional groups attached to an aromatic ring is 1. The van der Waals surface area contributed by atoms with Crippen molar-refractivity contribution in [1.82, 2.24) is 9.55 Å². The van der Waals surface area contributed by atoms with Crippen molar-refractivity contribution in [3.8, 4) is 11.3 Å². The Kier molecular flexibility index (Phi) is 2.74. The van der Waals surface area contributed by atoms with Crippen LogP contribution in [-0.4, -0.2) is 20.6 Å². The highest BCUT2D eigenvalue weighted by molar-refractivity contribution is 5.70. The number of hydrogen-bond donors (Lipinski definition) is 2. The van der Waals surface area contributed by atoms with Gasteiger partial charge in [0.2, 0.25) is 0 Å². The van der Waals surface area contributed by atoms with E-state index in [1.165, 1.54) is 0 Å². The maximum atomic E-state index is 11.0. The summed E-state index contributed by atoms with van der Waals surface area (Å²) in [4.78, 5) is 15.6. The molecule has 98 valence electrons. The number of aliphatic carboxylic acids is 1. The predicted octanol–water partition coefficient (Wildman–Crippen LogP) is 1.78. The molecule has 5 heteroatoms. The van der Waals surface area contributed by atoms with Gasteiger partial charge in [-0.1, -0.05) is 12.1 Å². The van der Waals surface area contributed by atoms with E-state index < -0.39 is 5.97 Å². The van der Waals surface area contributed by atoms with E-state index in [9.17, 15) is 4.79 Å². The number of benzene rings is 1. The molecule has 0 bridgehead atoms. The lowest BCUT2D eigenvalue weighted by molar-refractivity contribution is -0.142. The highest BCUT2D eigenvalue weighted by Crippen LogP contribution is 2.26. The minimum atomic E-state index is -0.736. The van der Waals surface area contributed by atoms with Crippen LogP contribution >= 0.6 is 0 Å². The molecule has 1 aromatic heterocycles. The average molecular weight is 257 g/mol. The summed E-state index contributed by atoms with van der Waals surface area (Å²) in [7, 11) is 0. The highest BCUT2D eigenvalue weighted by atomic mass is 16.4. The zero-order valence-corrected chi connectivity index (χ0v) is 10.4. The molecule has 0 fully saturated rings. The molecule has 1 atom stereocenters. The number of carbonyl (C=O) groups is 1. The van der Waals surface area contributed by atoms with Gasteiger partial charge in [0.15, 0.2) is 0 Å². The highest BCUT2D eigenvalue weighted by Gasteiger charge is 2.25. The monoisotopic (exact) mass is 257 g/mol. The van der Waals surface area contributed by atoms with Crippen LogP contribution in [0.2, 0.25) is 0 Å². The van der Waals surface area contributed by atoms with Gasteiger partial charge in [-0.25, -0.2) is 4.98 Å².